The molecular formula is C12H24N2O. The summed E-state index contributed by atoms with van der Waals surface area (Å²) in [6.45, 7) is 9.03. The number of carbonyl (C=O) groups excluding carboxylic acids is 1. The van der Waals surface area contributed by atoms with Crippen molar-refractivity contribution in [2.75, 3.05) is 19.6 Å². The van der Waals surface area contributed by atoms with E-state index in [-0.39, 0.29) is 11.3 Å². The van der Waals surface area contributed by atoms with Crippen LogP contribution < -0.4 is 10.6 Å². The van der Waals surface area contributed by atoms with Crippen molar-refractivity contribution in [2.45, 2.75) is 40.0 Å². The van der Waals surface area contributed by atoms with Crippen molar-refractivity contribution < 1.29 is 4.79 Å². The highest BCUT2D eigenvalue weighted by Crippen LogP contribution is 2.24. The highest BCUT2D eigenvalue weighted by atomic mass is 16.2. The first-order chi connectivity index (χ1) is 7.12. The van der Waals surface area contributed by atoms with Crippen LogP contribution in [0.1, 0.15) is 40.0 Å². The Morgan fingerprint density at radius 2 is 2.13 bits per heavy atom. The lowest BCUT2D eigenvalue weighted by Crippen LogP contribution is -2.42. The second-order valence-corrected chi connectivity index (χ2v) is 4.88. The molecule has 0 aromatic rings. The second-order valence-electron chi connectivity index (χ2n) is 4.88. The van der Waals surface area contributed by atoms with Crippen molar-refractivity contribution in [2.24, 2.45) is 11.3 Å². The maximum atomic E-state index is 12.0. The molecule has 0 aromatic carbocycles. The average molecular weight is 212 g/mol. The van der Waals surface area contributed by atoms with Crippen LogP contribution in [0.3, 0.4) is 0 Å². The van der Waals surface area contributed by atoms with Crippen LogP contribution in [0.15, 0.2) is 0 Å². The number of hydrogen-bond donors (Lipinski definition) is 2. The Hall–Kier alpha value is -0.570. The molecule has 1 unspecified atom stereocenters. The third kappa shape index (κ3) is 3.20. The van der Waals surface area contributed by atoms with Gasteiger partial charge in [-0.25, -0.2) is 0 Å². The van der Waals surface area contributed by atoms with E-state index >= 15 is 0 Å². The quantitative estimate of drug-likeness (QED) is 0.726. The Bertz CT molecular complexity index is 206. The number of rotatable bonds is 5. The number of carbonyl (C=O) groups is 1. The topological polar surface area (TPSA) is 41.1 Å². The molecule has 0 radical (unpaired) electrons. The normalized spacial score (nSPS) is 25.9. The zero-order valence-electron chi connectivity index (χ0n) is 10.2. The Kier molecular flexibility index (Phi) is 4.58. The molecule has 0 aromatic heterocycles. The van der Waals surface area contributed by atoms with Gasteiger partial charge in [-0.3, -0.25) is 4.79 Å². The first kappa shape index (κ1) is 12.5. The van der Waals surface area contributed by atoms with E-state index in [2.05, 4.69) is 31.4 Å². The van der Waals surface area contributed by atoms with Gasteiger partial charge < -0.3 is 10.6 Å². The van der Waals surface area contributed by atoms with Gasteiger partial charge >= 0.3 is 0 Å². The Balaban J connectivity index is 2.35. The van der Waals surface area contributed by atoms with Crippen LogP contribution in [0.25, 0.3) is 0 Å². The van der Waals surface area contributed by atoms with E-state index in [0.717, 1.165) is 38.9 Å². The monoisotopic (exact) mass is 212 g/mol. The van der Waals surface area contributed by atoms with Crippen LogP contribution in [0.2, 0.25) is 0 Å². The molecule has 2 N–H and O–H groups in total. The number of amides is 1. The van der Waals surface area contributed by atoms with E-state index in [0.29, 0.717) is 5.92 Å². The maximum absolute atomic E-state index is 12.0. The molecule has 1 atom stereocenters. The molecule has 15 heavy (non-hydrogen) atoms. The van der Waals surface area contributed by atoms with Crippen LogP contribution in [-0.2, 0) is 4.79 Å². The minimum absolute atomic E-state index is 0.175. The molecule has 1 heterocycles. The molecular weight excluding hydrogens is 188 g/mol. The first-order valence-corrected chi connectivity index (χ1v) is 6.11. The van der Waals surface area contributed by atoms with Gasteiger partial charge in [0.15, 0.2) is 0 Å². The van der Waals surface area contributed by atoms with E-state index in [4.69, 9.17) is 0 Å². The molecule has 88 valence electrons. The Morgan fingerprint density at radius 1 is 1.47 bits per heavy atom. The van der Waals surface area contributed by atoms with Crippen LogP contribution in [0.5, 0.6) is 0 Å². The van der Waals surface area contributed by atoms with Crippen LogP contribution in [0, 0.1) is 11.3 Å². The lowest BCUT2D eigenvalue weighted by atomic mass is 9.88. The fourth-order valence-electron chi connectivity index (χ4n) is 2.04. The summed E-state index contributed by atoms with van der Waals surface area (Å²) < 4.78 is 0. The van der Waals surface area contributed by atoms with E-state index < -0.39 is 0 Å². The average Bonchev–Trinajstić information content (AvgIpc) is 2.68. The van der Waals surface area contributed by atoms with Crippen molar-refractivity contribution >= 4 is 5.91 Å². The lowest BCUT2D eigenvalue weighted by Gasteiger charge is -2.23. The summed E-state index contributed by atoms with van der Waals surface area (Å²) in [6, 6.07) is 0. The lowest BCUT2D eigenvalue weighted by molar-refractivity contribution is -0.129. The van der Waals surface area contributed by atoms with Crippen molar-refractivity contribution in [1.29, 1.82) is 0 Å². The summed E-state index contributed by atoms with van der Waals surface area (Å²) in [7, 11) is 0. The molecule has 1 fully saturated rings. The smallest absolute Gasteiger partial charge is 0.227 e. The van der Waals surface area contributed by atoms with Crippen LogP contribution in [-0.4, -0.2) is 25.5 Å². The fourth-order valence-corrected chi connectivity index (χ4v) is 2.04. The van der Waals surface area contributed by atoms with Gasteiger partial charge in [0.05, 0.1) is 5.41 Å². The molecule has 3 nitrogen and oxygen atoms in total. The van der Waals surface area contributed by atoms with E-state index in [9.17, 15) is 4.79 Å². The standard InChI is InChI=1S/C12H24N2O/c1-4-10(5-2)8-14-11(15)12(3)6-7-13-9-12/h10,13H,4-9H2,1-3H3,(H,14,15). The van der Waals surface area contributed by atoms with Gasteiger partial charge in [-0.05, 0) is 25.8 Å². The van der Waals surface area contributed by atoms with E-state index in [1.54, 1.807) is 0 Å². The molecule has 1 aliphatic heterocycles. The largest absolute Gasteiger partial charge is 0.355 e. The van der Waals surface area contributed by atoms with E-state index in [1.165, 1.54) is 0 Å². The predicted molar refractivity (Wildman–Crippen MR) is 62.7 cm³/mol. The maximum Gasteiger partial charge on any atom is 0.227 e. The Labute approximate surface area is 93.0 Å². The third-order valence-corrected chi connectivity index (χ3v) is 3.62. The summed E-state index contributed by atoms with van der Waals surface area (Å²) in [4.78, 5) is 12.0. The van der Waals surface area contributed by atoms with Gasteiger partial charge in [-0.1, -0.05) is 26.7 Å². The van der Waals surface area contributed by atoms with Gasteiger partial charge in [0.1, 0.15) is 0 Å². The molecule has 0 saturated carbocycles. The minimum atomic E-state index is -0.175. The molecule has 0 bridgehead atoms. The van der Waals surface area contributed by atoms with Crippen molar-refractivity contribution in [3.05, 3.63) is 0 Å². The van der Waals surface area contributed by atoms with Crippen molar-refractivity contribution in [3.8, 4) is 0 Å². The molecule has 3 heteroatoms. The zero-order valence-corrected chi connectivity index (χ0v) is 10.2. The molecule has 0 aliphatic carbocycles. The highest BCUT2D eigenvalue weighted by Gasteiger charge is 2.36. The van der Waals surface area contributed by atoms with Crippen molar-refractivity contribution in [1.82, 2.24) is 10.6 Å². The van der Waals surface area contributed by atoms with Gasteiger partial charge in [0, 0.05) is 13.1 Å². The number of nitrogens with one attached hydrogen (secondary N) is 2. The summed E-state index contributed by atoms with van der Waals surface area (Å²) in [5, 5.41) is 6.34. The SMILES string of the molecule is CCC(CC)CNC(=O)C1(C)CCNC1. The van der Waals surface area contributed by atoms with Crippen LogP contribution >= 0.6 is 0 Å². The molecule has 1 rings (SSSR count). The second kappa shape index (κ2) is 5.50. The van der Waals surface area contributed by atoms with Crippen LogP contribution in [0.4, 0.5) is 0 Å². The number of hydrogen-bond acceptors (Lipinski definition) is 2. The van der Waals surface area contributed by atoms with Gasteiger partial charge in [-0.2, -0.15) is 0 Å². The summed E-state index contributed by atoms with van der Waals surface area (Å²) in [5.74, 6) is 0.853. The first-order valence-electron chi connectivity index (χ1n) is 6.11. The third-order valence-electron chi connectivity index (χ3n) is 3.62. The molecule has 1 aliphatic rings. The van der Waals surface area contributed by atoms with Gasteiger partial charge in [0.2, 0.25) is 5.91 Å². The summed E-state index contributed by atoms with van der Waals surface area (Å²) in [6.07, 6.45) is 3.25. The highest BCUT2D eigenvalue weighted by molar-refractivity contribution is 5.82. The summed E-state index contributed by atoms with van der Waals surface area (Å²) >= 11 is 0. The van der Waals surface area contributed by atoms with Crippen molar-refractivity contribution in [3.63, 3.8) is 0 Å². The van der Waals surface area contributed by atoms with E-state index in [1.807, 2.05) is 0 Å². The Morgan fingerprint density at radius 3 is 2.60 bits per heavy atom. The molecule has 1 saturated heterocycles. The molecule has 1 amide bonds. The van der Waals surface area contributed by atoms with Gasteiger partial charge in [0.25, 0.3) is 0 Å². The molecule has 0 spiro atoms. The zero-order chi connectivity index (χ0) is 11.3. The fraction of sp³-hybridized carbons (Fsp3) is 0.917. The predicted octanol–water partition coefficient (Wildman–Crippen LogP) is 1.54. The minimum Gasteiger partial charge on any atom is -0.355 e. The summed E-state index contributed by atoms with van der Waals surface area (Å²) in [5.41, 5.74) is -0.175. The van der Waals surface area contributed by atoms with Gasteiger partial charge in [-0.15, -0.1) is 0 Å².